The molecule has 1 aliphatic carbocycles. The van der Waals surface area contributed by atoms with Gasteiger partial charge in [-0.1, -0.05) is 19.9 Å². The van der Waals surface area contributed by atoms with Crippen molar-refractivity contribution in [2.75, 3.05) is 13.7 Å². The van der Waals surface area contributed by atoms with Crippen molar-refractivity contribution in [1.29, 1.82) is 0 Å². The van der Waals surface area contributed by atoms with Gasteiger partial charge in [-0.05, 0) is 30.5 Å². The lowest BCUT2D eigenvalue weighted by Gasteiger charge is -2.19. The van der Waals surface area contributed by atoms with E-state index in [1.807, 2.05) is 19.9 Å². The second-order valence-electron chi connectivity index (χ2n) is 4.81. The van der Waals surface area contributed by atoms with Gasteiger partial charge in [0.15, 0.2) is 5.78 Å². The summed E-state index contributed by atoms with van der Waals surface area (Å²) in [5, 5.41) is 0. The Morgan fingerprint density at radius 1 is 1.30 bits per heavy atom. The second kappa shape index (κ2) is 5.65. The number of hydrogen-bond donors (Lipinski definition) is 0. The smallest absolute Gasteiger partial charge is 0.316 e. The molecule has 4 nitrogen and oxygen atoms in total. The summed E-state index contributed by atoms with van der Waals surface area (Å²) in [5.41, 5.74) is 0.933. The van der Waals surface area contributed by atoms with E-state index in [0.717, 1.165) is 18.4 Å². The van der Waals surface area contributed by atoms with Gasteiger partial charge < -0.3 is 9.47 Å². The van der Waals surface area contributed by atoms with E-state index in [2.05, 4.69) is 0 Å². The number of carbonyl (C=O) groups is 2. The largest absolute Gasteiger partial charge is 0.492 e. The molecule has 1 heterocycles. The van der Waals surface area contributed by atoms with E-state index in [9.17, 15) is 9.59 Å². The summed E-state index contributed by atoms with van der Waals surface area (Å²) in [6, 6.07) is 5.44. The average molecular weight is 276 g/mol. The first kappa shape index (κ1) is 14.6. The highest BCUT2D eigenvalue weighted by Gasteiger charge is 2.52. The van der Waals surface area contributed by atoms with Crippen LogP contribution in [0.1, 0.15) is 49.0 Å². The van der Waals surface area contributed by atoms with E-state index in [1.54, 1.807) is 12.1 Å². The molecule has 0 unspecified atom stereocenters. The highest BCUT2D eigenvalue weighted by molar-refractivity contribution is 6.00. The van der Waals surface area contributed by atoms with Gasteiger partial charge in [-0.3, -0.25) is 9.59 Å². The summed E-state index contributed by atoms with van der Waals surface area (Å²) in [7, 11) is 1.40. The highest BCUT2D eigenvalue weighted by Crippen LogP contribution is 2.50. The molecule has 1 aromatic rings. The standard InChI is InChI=1S/C14H14O4.C2H6/c1-17-13(16)14(5-6-14)9-2-3-12-10(8-9)11(15)4-7-18-12;1-2/h2-3,8H,4-7H2,1H3;1-2H3. The van der Waals surface area contributed by atoms with Crippen LogP contribution in [0.3, 0.4) is 0 Å². The van der Waals surface area contributed by atoms with Gasteiger partial charge in [-0.2, -0.15) is 0 Å². The number of rotatable bonds is 2. The quantitative estimate of drug-likeness (QED) is 0.779. The lowest BCUT2D eigenvalue weighted by atomic mass is 9.92. The highest BCUT2D eigenvalue weighted by atomic mass is 16.5. The van der Waals surface area contributed by atoms with Crippen LogP contribution in [0.15, 0.2) is 18.2 Å². The molecular weight excluding hydrogens is 256 g/mol. The average Bonchev–Trinajstić information content (AvgIpc) is 3.30. The van der Waals surface area contributed by atoms with Crippen molar-refractivity contribution in [3.05, 3.63) is 29.3 Å². The number of ketones is 1. The Bertz CT molecular complexity index is 529. The number of ether oxygens (including phenoxy) is 2. The zero-order valence-corrected chi connectivity index (χ0v) is 12.2. The van der Waals surface area contributed by atoms with E-state index >= 15 is 0 Å². The van der Waals surface area contributed by atoms with Crippen molar-refractivity contribution in [3.63, 3.8) is 0 Å². The third-order valence-corrected chi connectivity index (χ3v) is 3.75. The van der Waals surface area contributed by atoms with Crippen LogP contribution < -0.4 is 4.74 Å². The minimum Gasteiger partial charge on any atom is -0.492 e. The van der Waals surface area contributed by atoms with Gasteiger partial charge >= 0.3 is 5.97 Å². The van der Waals surface area contributed by atoms with Crippen molar-refractivity contribution < 1.29 is 19.1 Å². The van der Waals surface area contributed by atoms with E-state index in [-0.39, 0.29) is 11.8 Å². The van der Waals surface area contributed by atoms with Crippen LogP contribution in [-0.4, -0.2) is 25.5 Å². The van der Waals surface area contributed by atoms with E-state index in [4.69, 9.17) is 9.47 Å². The molecule has 20 heavy (non-hydrogen) atoms. The third kappa shape index (κ3) is 2.30. The summed E-state index contributed by atoms with van der Waals surface area (Å²) in [6.45, 7) is 4.44. The first-order valence-electron chi connectivity index (χ1n) is 7.06. The van der Waals surface area contributed by atoms with Gasteiger partial charge in [-0.15, -0.1) is 0 Å². The van der Waals surface area contributed by atoms with Crippen LogP contribution in [0.2, 0.25) is 0 Å². The molecule has 1 aromatic carbocycles. The zero-order chi connectivity index (χ0) is 14.8. The monoisotopic (exact) mass is 276 g/mol. The van der Waals surface area contributed by atoms with Gasteiger partial charge in [0.05, 0.1) is 24.7 Å². The number of fused-ring (bicyclic) bond motifs is 1. The molecule has 108 valence electrons. The molecule has 0 aromatic heterocycles. The Labute approximate surface area is 119 Å². The summed E-state index contributed by atoms with van der Waals surface area (Å²) in [4.78, 5) is 23.6. The molecule has 4 heteroatoms. The van der Waals surface area contributed by atoms with Crippen molar-refractivity contribution in [3.8, 4) is 5.75 Å². The summed E-state index contributed by atoms with van der Waals surface area (Å²) in [5.74, 6) is 0.487. The van der Waals surface area contributed by atoms with Crippen LogP contribution in [0, 0.1) is 0 Å². The fourth-order valence-electron chi connectivity index (χ4n) is 2.49. The van der Waals surface area contributed by atoms with Crippen molar-refractivity contribution >= 4 is 11.8 Å². The molecule has 1 fully saturated rings. The number of methoxy groups -OCH3 is 1. The number of carbonyl (C=O) groups excluding carboxylic acids is 2. The van der Waals surface area contributed by atoms with Crippen LogP contribution in [0.25, 0.3) is 0 Å². The van der Waals surface area contributed by atoms with E-state index < -0.39 is 5.41 Å². The predicted octanol–water partition coefficient (Wildman–Crippen LogP) is 2.88. The molecule has 0 N–H and O–H groups in total. The minimum atomic E-state index is -0.526. The SMILES string of the molecule is CC.COC(=O)C1(c2ccc3c(c2)C(=O)CCO3)CC1. The fourth-order valence-corrected chi connectivity index (χ4v) is 2.49. The van der Waals surface area contributed by atoms with Crippen molar-refractivity contribution in [2.24, 2.45) is 0 Å². The topological polar surface area (TPSA) is 52.6 Å². The van der Waals surface area contributed by atoms with Gasteiger partial charge in [0.1, 0.15) is 5.75 Å². The Balaban J connectivity index is 0.000000704. The molecule has 0 radical (unpaired) electrons. The first-order valence-corrected chi connectivity index (χ1v) is 7.06. The minimum absolute atomic E-state index is 0.0822. The molecular formula is C16H20O4. The van der Waals surface area contributed by atoms with Gasteiger partial charge in [-0.25, -0.2) is 0 Å². The zero-order valence-electron chi connectivity index (χ0n) is 12.2. The second-order valence-corrected chi connectivity index (χ2v) is 4.81. The molecule has 3 rings (SSSR count). The molecule has 1 aliphatic heterocycles. The summed E-state index contributed by atoms with van der Waals surface area (Å²) < 4.78 is 10.3. The summed E-state index contributed by atoms with van der Waals surface area (Å²) in [6.07, 6.45) is 1.97. The maximum atomic E-state index is 11.8. The Morgan fingerprint density at radius 2 is 2.00 bits per heavy atom. The third-order valence-electron chi connectivity index (χ3n) is 3.75. The van der Waals surface area contributed by atoms with Crippen LogP contribution in [0.4, 0.5) is 0 Å². The number of hydrogen-bond acceptors (Lipinski definition) is 4. The fraction of sp³-hybridized carbons (Fsp3) is 0.500. The first-order chi connectivity index (χ1) is 9.67. The van der Waals surface area contributed by atoms with Gasteiger partial charge in [0.25, 0.3) is 0 Å². The van der Waals surface area contributed by atoms with E-state index in [0.29, 0.717) is 24.3 Å². The molecule has 0 saturated heterocycles. The van der Waals surface area contributed by atoms with Crippen molar-refractivity contribution in [1.82, 2.24) is 0 Å². The molecule has 1 saturated carbocycles. The van der Waals surface area contributed by atoms with Gasteiger partial charge in [0, 0.05) is 6.42 Å². The molecule has 0 amide bonds. The number of benzene rings is 1. The van der Waals surface area contributed by atoms with Crippen LogP contribution in [0.5, 0.6) is 5.75 Å². The normalized spacial score (nSPS) is 18.1. The predicted molar refractivity (Wildman–Crippen MR) is 75.2 cm³/mol. The Hall–Kier alpha value is -1.84. The van der Waals surface area contributed by atoms with Crippen LogP contribution in [-0.2, 0) is 14.9 Å². The van der Waals surface area contributed by atoms with Crippen LogP contribution >= 0.6 is 0 Å². The molecule has 0 bridgehead atoms. The van der Waals surface area contributed by atoms with Crippen molar-refractivity contribution in [2.45, 2.75) is 38.5 Å². The Morgan fingerprint density at radius 3 is 2.60 bits per heavy atom. The maximum absolute atomic E-state index is 11.8. The lowest BCUT2D eigenvalue weighted by molar-refractivity contribution is -0.143. The molecule has 0 spiro atoms. The van der Waals surface area contributed by atoms with E-state index in [1.165, 1.54) is 7.11 Å². The maximum Gasteiger partial charge on any atom is 0.316 e. The molecule has 2 aliphatic rings. The molecule has 0 atom stereocenters. The Kier molecular flexibility index (Phi) is 4.12. The van der Waals surface area contributed by atoms with Gasteiger partial charge in [0.2, 0.25) is 0 Å². The lowest BCUT2D eigenvalue weighted by Crippen LogP contribution is -2.23. The number of esters is 1. The summed E-state index contributed by atoms with van der Waals surface area (Å²) >= 11 is 0. The number of Topliss-reactive ketones (excluding diaryl/α,β-unsaturated/α-hetero) is 1.